The SMILES string of the molecule is CC1CN(C(C)(CN)C2CCOC2)CC(C)N1C. The second-order valence-corrected chi connectivity index (χ2v) is 6.39. The first-order valence-corrected chi connectivity index (χ1v) is 7.24. The molecule has 2 saturated heterocycles. The minimum Gasteiger partial charge on any atom is -0.381 e. The van der Waals surface area contributed by atoms with Crippen molar-refractivity contribution in [2.24, 2.45) is 11.7 Å². The molecule has 0 amide bonds. The summed E-state index contributed by atoms with van der Waals surface area (Å²) in [5, 5.41) is 0. The third-order valence-corrected chi connectivity index (χ3v) is 5.30. The van der Waals surface area contributed by atoms with E-state index in [-0.39, 0.29) is 5.54 Å². The van der Waals surface area contributed by atoms with Crippen molar-refractivity contribution in [3.05, 3.63) is 0 Å². The van der Waals surface area contributed by atoms with Gasteiger partial charge in [-0.25, -0.2) is 0 Å². The summed E-state index contributed by atoms with van der Waals surface area (Å²) in [7, 11) is 2.23. The topological polar surface area (TPSA) is 41.7 Å². The maximum absolute atomic E-state index is 6.13. The predicted molar refractivity (Wildman–Crippen MR) is 74.6 cm³/mol. The highest BCUT2D eigenvalue weighted by molar-refractivity contribution is 4.99. The van der Waals surface area contributed by atoms with Crippen molar-refractivity contribution in [1.29, 1.82) is 0 Å². The molecule has 0 aromatic rings. The van der Waals surface area contributed by atoms with E-state index in [4.69, 9.17) is 10.5 Å². The fourth-order valence-electron chi connectivity index (χ4n) is 3.40. The molecule has 4 heteroatoms. The maximum Gasteiger partial charge on any atom is 0.0513 e. The van der Waals surface area contributed by atoms with E-state index in [2.05, 4.69) is 37.6 Å². The predicted octanol–water partition coefficient (Wildman–Crippen LogP) is 0.765. The summed E-state index contributed by atoms with van der Waals surface area (Å²) in [6.45, 7) is 11.7. The van der Waals surface area contributed by atoms with E-state index in [9.17, 15) is 0 Å². The fourth-order valence-corrected chi connectivity index (χ4v) is 3.40. The Labute approximate surface area is 111 Å². The lowest BCUT2D eigenvalue weighted by atomic mass is 9.82. The first kappa shape index (κ1) is 14.3. The quantitative estimate of drug-likeness (QED) is 0.808. The summed E-state index contributed by atoms with van der Waals surface area (Å²) >= 11 is 0. The fraction of sp³-hybridized carbons (Fsp3) is 1.00. The lowest BCUT2D eigenvalue weighted by molar-refractivity contribution is -0.0299. The van der Waals surface area contributed by atoms with Gasteiger partial charge in [0.15, 0.2) is 0 Å². The zero-order valence-electron chi connectivity index (χ0n) is 12.4. The summed E-state index contributed by atoms with van der Waals surface area (Å²) in [5.41, 5.74) is 6.23. The molecule has 2 rings (SSSR count). The second kappa shape index (κ2) is 5.45. The standard InChI is InChI=1S/C14H29N3O/c1-11-7-17(8-12(2)16(11)4)14(3,10-15)13-5-6-18-9-13/h11-13H,5-10,15H2,1-4H3. The molecule has 0 spiro atoms. The smallest absolute Gasteiger partial charge is 0.0513 e. The molecule has 4 nitrogen and oxygen atoms in total. The Kier molecular flexibility index (Phi) is 4.32. The second-order valence-electron chi connectivity index (χ2n) is 6.39. The first-order valence-electron chi connectivity index (χ1n) is 7.24. The number of nitrogens with two attached hydrogens (primary N) is 1. The molecular weight excluding hydrogens is 226 g/mol. The van der Waals surface area contributed by atoms with Crippen LogP contribution in [0.2, 0.25) is 0 Å². The van der Waals surface area contributed by atoms with Gasteiger partial charge in [0.2, 0.25) is 0 Å². The van der Waals surface area contributed by atoms with Crippen LogP contribution in [0.1, 0.15) is 27.2 Å². The molecule has 2 fully saturated rings. The van der Waals surface area contributed by atoms with Crippen LogP contribution in [0.5, 0.6) is 0 Å². The van der Waals surface area contributed by atoms with E-state index in [0.29, 0.717) is 18.0 Å². The van der Waals surface area contributed by atoms with Gasteiger partial charge in [-0.1, -0.05) is 0 Å². The van der Waals surface area contributed by atoms with Gasteiger partial charge in [0.25, 0.3) is 0 Å². The Balaban J connectivity index is 2.12. The van der Waals surface area contributed by atoms with Crippen LogP contribution in [0.25, 0.3) is 0 Å². The van der Waals surface area contributed by atoms with E-state index in [1.165, 1.54) is 0 Å². The molecule has 2 heterocycles. The number of hydrogen-bond acceptors (Lipinski definition) is 4. The Bertz CT molecular complexity index is 268. The van der Waals surface area contributed by atoms with E-state index in [1.807, 2.05) is 0 Å². The molecular formula is C14H29N3O. The third kappa shape index (κ3) is 2.44. The molecule has 0 bridgehead atoms. The molecule has 0 aliphatic carbocycles. The highest BCUT2D eigenvalue weighted by Gasteiger charge is 2.43. The average Bonchev–Trinajstić information content (AvgIpc) is 2.88. The molecule has 0 aromatic carbocycles. The molecule has 0 radical (unpaired) electrons. The Morgan fingerprint density at radius 1 is 1.28 bits per heavy atom. The van der Waals surface area contributed by atoms with Crippen molar-refractivity contribution in [2.75, 3.05) is 39.9 Å². The van der Waals surface area contributed by atoms with Gasteiger partial charge in [0, 0.05) is 49.8 Å². The van der Waals surface area contributed by atoms with Gasteiger partial charge >= 0.3 is 0 Å². The molecule has 0 saturated carbocycles. The van der Waals surface area contributed by atoms with Crippen molar-refractivity contribution in [3.63, 3.8) is 0 Å². The summed E-state index contributed by atoms with van der Waals surface area (Å²) < 4.78 is 5.58. The van der Waals surface area contributed by atoms with Crippen molar-refractivity contribution in [3.8, 4) is 0 Å². The zero-order valence-corrected chi connectivity index (χ0v) is 12.4. The van der Waals surface area contributed by atoms with Crippen LogP contribution in [-0.2, 0) is 4.74 Å². The Morgan fingerprint density at radius 3 is 2.33 bits per heavy atom. The number of hydrogen-bond donors (Lipinski definition) is 1. The molecule has 18 heavy (non-hydrogen) atoms. The van der Waals surface area contributed by atoms with Gasteiger partial charge in [-0.15, -0.1) is 0 Å². The molecule has 106 valence electrons. The van der Waals surface area contributed by atoms with E-state index < -0.39 is 0 Å². The average molecular weight is 255 g/mol. The van der Waals surface area contributed by atoms with E-state index >= 15 is 0 Å². The minimum atomic E-state index is 0.0975. The van der Waals surface area contributed by atoms with Gasteiger partial charge in [0.1, 0.15) is 0 Å². The minimum absolute atomic E-state index is 0.0975. The van der Waals surface area contributed by atoms with Crippen LogP contribution >= 0.6 is 0 Å². The number of rotatable bonds is 3. The van der Waals surface area contributed by atoms with E-state index in [0.717, 1.165) is 39.3 Å². The summed E-state index contributed by atoms with van der Waals surface area (Å²) in [5.74, 6) is 0.588. The summed E-state index contributed by atoms with van der Waals surface area (Å²) in [4.78, 5) is 5.08. The molecule has 2 aliphatic rings. The summed E-state index contributed by atoms with van der Waals surface area (Å²) in [6.07, 6.45) is 1.16. The largest absolute Gasteiger partial charge is 0.381 e. The highest BCUT2D eigenvalue weighted by Crippen LogP contribution is 2.33. The van der Waals surface area contributed by atoms with Crippen LogP contribution in [0.15, 0.2) is 0 Å². The summed E-state index contributed by atoms with van der Waals surface area (Å²) in [6, 6.07) is 1.20. The normalized spacial score (nSPS) is 38.8. The molecule has 2 N–H and O–H groups in total. The lowest BCUT2D eigenvalue weighted by Gasteiger charge is -2.52. The highest BCUT2D eigenvalue weighted by atomic mass is 16.5. The number of piperazine rings is 1. The first-order chi connectivity index (χ1) is 8.49. The Hall–Kier alpha value is -0.160. The van der Waals surface area contributed by atoms with Crippen LogP contribution in [0.3, 0.4) is 0 Å². The zero-order chi connectivity index (χ0) is 13.3. The van der Waals surface area contributed by atoms with Crippen LogP contribution < -0.4 is 5.73 Å². The molecule has 4 unspecified atom stereocenters. The van der Waals surface area contributed by atoms with Gasteiger partial charge < -0.3 is 10.5 Å². The van der Waals surface area contributed by atoms with Crippen molar-refractivity contribution < 1.29 is 4.74 Å². The van der Waals surface area contributed by atoms with Gasteiger partial charge in [-0.2, -0.15) is 0 Å². The molecule has 4 atom stereocenters. The van der Waals surface area contributed by atoms with Crippen molar-refractivity contribution in [2.45, 2.75) is 44.8 Å². The van der Waals surface area contributed by atoms with Gasteiger partial charge in [-0.05, 0) is 34.2 Å². The maximum atomic E-state index is 6.13. The van der Waals surface area contributed by atoms with Gasteiger partial charge in [-0.3, -0.25) is 9.80 Å². The van der Waals surface area contributed by atoms with Crippen LogP contribution in [0.4, 0.5) is 0 Å². The third-order valence-electron chi connectivity index (χ3n) is 5.30. The number of nitrogens with zero attached hydrogens (tertiary/aromatic N) is 2. The van der Waals surface area contributed by atoms with Crippen LogP contribution in [0, 0.1) is 5.92 Å². The van der Waals surface area contributed by atoms with Gasteiger partial charge in [0.05, 0.1) is 6.61 Å². The van der Waals surface area contributed by atoms with Crippen molar-refractivity contribution in [1.82, 2.24) is 9.80 Å². The van der Waals surface area contributed by atoms with Crippen LogP contribution in [-0.4, -0.2) is 67.3 Å². The van der Waals surface area contributed by atoms with Crippen molar-refractivity contribution >= 4 is 0 Å². The Morgan fingerprint density at radius 2 is 1.89 bits per heavy atom. The van der Waals surface area contributed by atoms with E-state index in [1.54, 1.807) is 0 Å². The number of likely N-dealkylation sites (N-methyl/N-ethyl adjacent to an activating group) is 1. The molecule has 2 aliphatic heterocycles. The number of ether oxygens (including phenoxy) is 1. The monoisotopic (exact) mass is 255 g/mol. The lowest BCUT2D eigenvalue weighted by Crippen LogP contribution is -2.65. The molecule has 0 aromatic heterocycles.